The highest BCUT2D eigenvalue weighted by atomic mass is 19.4. The summed E-state index contributed by atoms with van der Waals surface area (Å²) in [5.41, 5.74) is -0.314. The van der Waals surface area contributed by atoms with Crippen molar-refractivity contribution in [2.75, 3.05) is 6.54 Å². The number of rotatable bonds is 7. The van der Waals surface area contributed by atoms with Gasteiger partial charge in [0.05, 0.1) is 16.8 Å². The Balaban J connectivity index is 1.78. The molecular formula is C24H23F5N4O5. The number of amides is 2. The summed E-state index contributed by atoms with van der Waals surface area (Å²) in [5.74, 6) is -4.73. The van der Waals surface area contributed by atoms with Crippen LogP contribution in [0.15, 0.2) is 30.5 Å². The Bertz CT molecular complexity index is 1380. The molecule has 2 heterocycles. The van der Waals surface area contributed by atoms with Crippen molar-refractivity contribution in [2.24, 2.45) is 0 Å². The van der Waals surface area contributed by atoms with E-state index in [-0.39, 0.29) is 34.9 Å². The SMILES string of the molecule is Cc1cc(OCc2c(F)cccc2F)c2nc(C)c(C(=O)NC(C)(C)CNC(=O)OC(=O)C(F)(F)F)n2c1. The van der Waals surface area contributed by atoms with Gasteiger partial charge in [-0.3, -0.25) is 9.20 Å². The Morgan fingerprint density at radius 2 is 1.71 bits per heavy atom. The van der Waals surface area contributed by atoms with Gasteiger partial charge in [-0.15, -0.1) is 0 Å². The number of alkyl halides is 3. The fourth-order valence-electron chi connectivity index (χ4n) is 3.44. The van der Waals surface area contributed by atoms with E-state index in [0.717, 1.165) is 12.1 Å². The molecule has 9 nitrogen and oxygen atoms in total. The summed E-state index contributed by atoms with van der Waals surface area (Å²) < 4.78 is 75.5. The number of hydrogen-bond acceptors (Lipinski definition) is 6. The third-order valence-corrected chi connectivity index (χ3v) is 5.19. The van der Waals surface area contributed by atoms with Gasteiger partial charge in [0.25, 0.3) is 5.91 Å². The van der Waals surface area contributed by atoms with Crippen LogP contribution in [0, 0.1) is 25.5 Å². The minimum atomic E-state index is -5.34. The monoisotopic (exact) mass is 542 g/mol. The lowest BCUT2D eigenvalue weighted by molar-refractivity contribution is -0.192. The van der Waals surface area contributed by atoms with E-state index >= 15 is 0 Å². The molecule has 14 heteroatoms. The second-order valence-corrected chi connectivity index (χ2v) is 8.98. The van der Waals surface area contributed by atoms with E-state index in [9.17, 15) is 36.3 Å². The molecule has 0 aliphatic rings. The van der Waals surface area contributed by atoms with Crippen molar-refractivity contribution < 1.29 is 45.8 Å². The van der Waals surface area contributed by atoms with Crippen LogP contribution in [0.4, 0.5) is 26.7 Å². The zero-order valence-electron chi connectivity index (χ0n) is 20.6. The molecule has 3 rings (SSSR count). The fraction of sp³-hybridized carbons (Fsp3) is 0.333. The van der Waals surface area contributed by atoms with Crippen molar-refractivity contribution in [1.82, 2.24) is 20.0 Å². The summed E-state index contributed by atoms with van der Waals surface area (Å²) in [6, 6.07) is 5.01. The zero-order chi connectivity index (χ0) is 28.4. The van der Waals surface area contributed by atoms with Crippen molar-refractivity contribution in [1.29, 1.82) is 0 Å². The standard InChI is InChI=1S/C24H23F5N4O5/c1-12-8-17(37-10-14-15(25)6-5-7-16(14)26)19-31-13(2)18(33(19)9-12)20(34)32-23(3,4)11-30-22(36)38-21(35)24(27,28)29/h5-9H,10-11H2,1-4H3,(H,30,36)(H,32,34). The number of nitrogens with zero attached hydrogens (tertiary/aromatic N) is 2. The van der Waals surface area contributed by atoms with Gasteiger partial charge in [-0.25, -0.2) is 23.4 Å². The summed E-state index contributed by atoms with van der Waals surface area (Å²) in [4.78, 5) is 39.8. The highest BCUT2D eigenvalue weighted by Crippen LogP contribution is 2.26. The number of aromatic nitrogens is 2. The van der Waals surface area contributed by atoms with Gasteiger partial charge in [0.1, 0.15) is 23.9 Å². The number of hydrogen-bond donors (Lipinski definition) is 2. The van der Waals surface area contributed by atoms with Crippen LogP contribution in [0.1, 0.15) is 41.2 Å². The maximum atomic E-state index is 14.0. The molecule has 0 aliphatic carbocycles. The van der Waals surface area contributed by atoms with Crippen molar-refractivity contribution in [3.05, 3.63) is 64.6 Å². The van der Waals surface area contributed by atoms with E-state index in [1.165, 1.54) is 24.3 Å². The smallest absolute Gasteiger partial charge is 0.485 e. The molecule has 0 bridgehead atoms. The number of fused-ring (bicyclic) bond motifs is 1. The molecule has 0 unspecified atom stereocenters. The Kier molecular flexibility index (Phi) is 7.93. The molecule has 3 aromatic rings. The number of carbonyl (C=O) groups is 3. The average Bonchev–Trinajstić information content (AvgIpc) is 3.12. The number of benzene rings is 1. The summed E-state index contributed by atoms with van der Waals surface area (Å²) in [6.45, 7) is 5.37. The molecule has 0 atom stereocenters. The molecule has 2 aromatic heterocycles. The zero-order valence-corrected chi connectivity index (χ0v) is 20.6. The van der Waals surface area contributed by atoms with Crippen molar-refractivity contribution in [3.8, 4) is 5.75 Å². The van der Waals surface area contributed by atoms with Crippen LogP contribution in [-0.4, -0.2) is 45.6 Å². The molecule has 0 spiro atoms. The number of esters is 1. The third-order valence-electron chi connectivity index (χ3n) is 5.19. The average molecular weight is 542 g/mol. The summed E-state index contributed by atoms with van der Waals surface area (Å²) in [7, 11) is 0. The van der Waals surface area contributed by atoms with Crippen LogP contribution >= 0.6 is 0 Å². The Hall–Kier alpha value is -4.23. The highest BCUT2D eigenvalue weighted by molar-refractivity contribution is 5.95. The number of alkyl carbamates (subject to hydrolysis) is 1. The molecule has 0 aliphatic heterocycles. The van der Waals surface area contributed by atoms with Crippen molar-refractivity contribution >= 4 is 23.6 Å². The second kappa shape index (κ2) is 10.6. The predicted molar refractivity (Wildman–Crippen MR) is 122 cm³/mol. The first-order valence-corrected chi connectivity index (χ1v) is 11.0. The largest absolute Gasteiger partial charge is 0.491 e. The number of nitrogens with one attached hydrogen (secondary N) is 2. The predicted octanol–water partition coefficient (Wildman–Crippen LogP) is 4.13. The van der Waals surface area contributed by atoms with Gasteiger partial charge in [0, 0.05) is 12.7 Å². The molecule has 0 saturated carbocycles. The van der Waals surface area contributed by atoms with Gasteiger partial charge in [-0.05, 0) is 51.5 Å². The minimum Gasteiger partial charge on any atom is -0.485 e. The number of imidazole rings is 1. The molecule has 204 valence electrons. The molecular weight excluding hydrogens is 519 g/mol. The Morgan fingerprint density at radius 3 is 2.32 bits per heavy atom. The van der Waals surface area contributed by atoms with E-state index in [1.807, 2.05) is 5.32 Å². The number of ether oxygens (including phenoxy) is 2. The van der Waals surface area contributed by atoms with E-state index in [0.29, 0.717) is 5.56 Å². The summed E-state index contributed by atoms with van der Waals surface area (Å²) in [5, 5.41) is 4.61. The van der Waals surface area contributed by atoms with Gasteiger partial charge in [-0.1, -0.05) is 6.07 Å². The number of aryl methyl sites for hydroxylation is 2. The molecule has 0 saturated heterocycles. The lowest BCUT2D eigenvalue weighted by atomic mass is 10.1. The normalized spacial score (nSPS) is 11.8. The van der Waals surface area contributed by atoms with Crippen LogP contribution in [-0.2, 0) is 16.1 Å². The quantitative estimate of drug-likeness (QED) is 0.264. The lowest BCUT2D eigenvalue weighted by Gasteiger charge is -2.26. The Labute approximate surface area is 212 Å². The van der Waals surface area contributed by atoms with Crippen LogP contribution in [0.3, 0.4) is 0 Å². The van der Waals surface area contributed by atoms with Crippen molar-refractivity contribution in [3.63, 3.8) is 0 Å². The van der Waals surface area contributed by atoms with Crippen molar-refractivity contribution in [2.45, 2.75) is 46.0 Å². The maximum absolute atomic E-state index is 14.0. The third kappa shape index (κ3) is 6.55. The molecule has 1 aromatic carbocycles. The van der Waals surface area contributed by atoms with Gasteiger partial charge in [-0.2, -0.15) is 13.2 Å². The van der Waals surface area contributed by atoms with E-state index in [1.54, 1.807) is 26.1 Å². The fourth-order valence-corrected chi connectivity index (χ4v) is 3.44. The summed E-state index contributed by atoms with van der Waals surface area (Å²) in [6.07, 6.45) is -5.39. The first kappa shape index (κ1) is 28.3. The second-order valence-electron chi connectivity index (χ2n) is 8.98. The maximum Gasteiger partial charge on any atom is 0.491 e. The molecule has 2 N–H and O–H groups in total. The van der Waals surface area contributed by atoms with E-state index in [2.05, 4.69) is 15.0 Å². The molecule has 0 radical (unpaired) electrons. The van der Waals surface area contributed by atoms with E-state index < -0.39 is 47.9 Å². The van der Waals surface area contributed by atoms with Gasteiger partial charge in [0.2, 0.25) is 0 Å². The summed E-state index contributed by atoms with van der Waals surface area (Å²) >= 11 is 0. The molecule has 38 heavy (non-hydrogen) atoms. The highest BCUT2D eigenvalue weighted by Gasteiger charge is 2.42. The number of pyridine rings is 1. The molecule has 0 fully saturated rings. The lowest BCUT2D eigenvalue weighted by Crippen LogP contribution is -2.52. The van der Waals surface area contributed by atoms with E-state index in [4.69, 9.17) is 4.74 Å². The number of halogens is 5. The first-order chi connectivity index (χ1) is 17.6. The number of carbonyl (C=O) groups excluding carboxylic acids is 3. The van der Waals surface area contributed by atoms with Crippen LogP contribution in [0.5, 0.6) is 5.75 Å². The first-order valence-electron chi connectivity index (χ1n) is 11.0. The molecule has 2 amide bonds. The topological polar surface area (TPSA) is 111 Å². The van der Waals surface area contributed by atoms with Gasteiger partial charge < -0.3 is 20.1 Å². The van der Waals surface area contributed by atoms with Gasteiger partial charge >= 0.3 is 18.2 Å². The minimum absolute atomic E-state index is 0.0773. The van der Waals surface area contributed by atoms with Crippen LogP contribution < -0.4 is 15.4 Å². The van der Waals surface area contributed by atoms with Gasteiger partial charge in [0.15, 0.2) is 11.4 Å². The van der Waals surface area contributed by atoms with Crippen LogP contribution in [0.25, 0.3) is 5.65 Å². The Morgan fingerprint density at radius 1 is 1.08 bits per heavy atom. The van der Waals surface area contributed by atoms with Crippen LogP contribution in [0.2, 0.25) is 0 Å².